The van der Waals surface area contributed by atoms with E-state index in [2.05, 4.69) is 15.0 Å². The molecule has 0 saturated carbocycles. The first-order valence-corrected chi connectivity index (χ1v) is 10.6. The highest BCUT2D eigenvalue weighted by Gasteiger charge is 2.42. The number of benzene rings is 2. The van der Waals surface area contributed by atoms with E-state index in [1.54, 1.807) is 10.9 Å². The Morgan fingerprint density at radius 2 is 1.61 bits per heavy atom. The van der Waals surface area contributed by atoms with Crippen LogP contribution in [0.2, 0.25) is 0 Å². The lowest BCUT2D eigenvalue weighted by Crippen LogP contribution is -2.34. The van der Waals surface area contributed by atoms with Crippen LogP contribution in [0.3, 0.4) is 0 Å². The number of nitrogens with zero attached hydrogens (tertiary/aromatic N) is 6. The van der Waals surface area contributed by atoms with Gasteiger partial charge in [0.05, 0.1) is 28.5 Å². The van der Waals surface area contributed by atoms with E-state index in [0.29, 0.717) is 17.4 Å². The van der Waals surface area contributed by atoms with Crippen molar-refractivity contribution in [3.8, 4) is 5.69 Å². The summed E-state index contributed by atoms with van der Waals surface area (Å²) in [4.78, 5) is 27.0. The van der Waals surface area contributed by atoms with Gasteiger partial charge in [-0.15, -0.1) is 0 Å². The first kappa shape index (κ1) is 18.1. The van der Waals surface area contributed by atoms with Crippen LogP contribution in [-0.4, -0.2) is 56.7 Å². The molecule has 0 aliphatic carbocycles. The summed E-state index contributed by atoms with van der Waals surface area (Å²) in [5.74, 6) is 1.91. The van der Waals surface area contributed by atoms with Crippen molar-refractivity contribution in [3.05, 3.63) is 78.8 Å². The number of para-hydroxylation sites is 3. The molecular formula is C24H22N6O. The molecule has 2 fully saturated rings. The molecule has 4 heterocycles. The summed E-state index contributed by atoms with van der Waals surface area (Å²) in [6.45, 7) is 3.35. The second-order valence-corrected chi connectivity index (χ2v) is 8.32. The number of aromatic nitrogens is 4. The molecule has 2 atom stereocenters. The molecule has 31 heavy (non-hydrogen) atoms. The number of amides is 1. The van der Waals surface area contributed by atoms with E-state index >= 15 is 0 Å². The Kier molecular flexibility index (Phi) is 4.19. The Bertz CT molecular complexity index is 1240. The molecule has 0 N–H and O–H groups in total. The molecule has 2 aliphatic heterocycles. The van der Waals surface area contributed by atoms with E-state index in [-0.39, 0.29) is 5.91 Å². The van der Waals surface area contributed by atoms with Crippen molar-refractivity contribution in [2.24, 2.45) is 11.8 Å². The fourth-order valence-electron chi connectivity index (χ4n) is 4.88. The van der Waals surface area contributed by atoms with Gasteiger partial charge in [-0.05, 0) is 30.3 Å². The molecule has 7 heteroatoms. The zero-order chi connectivity index (χ0) is 20.8. The quantitative estimate of drug-likeness (QED) is 0.519. The van der Waals surface area contributed by atoms with Crippen molar-refractivity contribution < 1.29 is 4.79 Å². The number of likely N-dealkylation sites (tertiary alicyclic amines) is 1. The molecule has 6 rings (SSSR count). The predicted octanol–water partition coefficient (Wildman–Crippen LogP) is 3.02. The summed E-state index contributed by atoms with van der Waals surface area (Å²) in [6, 6.07) is 17.5. The minimum absolute atomic E-state index is 0.0811. The standard InChI is InChI=1S/C24H22N6O/c31-24(19-6-1-4-9-22(19)30-11-5-10-26-30)29-15-17-13-28(14-18(17)16-29)23-12-25-20-7-2-3-8-21(20)27-23/h1-12,17-18H,13-16H2. The van der Waals surface area contributed by atoms with Crippen LogP contribution in [0, 0.1) is 11.8 Å². The molecule has 2 unspecified atom stereocenters. The summed E-state index contributed by atoms with van der Waals surface area (Å²) in [6.07, 6.45) is 5.46. The first-order valence-electron chi connectivity index (χ1n) is 10.6. The first-order chi connectivity index (χ1) is 15.3. The normalized spacial score (nSPS) is 20.4. The molecule has 2 aromatic heterocycles. The van der Waals surface area contributed by atoms with Gasteiger partial charge in [-0.2, -0.15) is 5.10 Å². The number of fused-ring (bicyclic) bond motifs is 2. The van der Waals surface area contributed by atoms with Gasteiger partial charge in [0, 0.05) is 50.4 Å². The summed E-state index contributed by atoms with van der Waals surface area (Å²) in [5.41, 5.74) is 3.36. The maximum absolute atomic E-state index is 13.3. The Morgan fingerprint density at radius 1 is 0.871 bits per heavy atom. The van der Waals surface area contributed by atoms with Gasteiger partial charge in [0.15, 0.2) is 0 Å². The minimum Gasteiger partial charge on any atom is -0.355 e. The topological polar surface area (TPSA) is 67.2 Å². The zero-order valence-corrected chi connectivity index (χ0v) is 17.0. The lowest BCUT2D eigenvalue weighted by atomic mass is 10.0. The largest absolute Gasteiger partial charge is 0.355 e. The third-order valence-corrected chi connectivity index (χ3v) is 6.42. The molecule has 2 aliphatic rings. The fourth-order valence-corrected chi connectivity index (χ4v) is 4.88. The Labute approximate surface area is 179 Å². The maximum atomic E-state index is 13.3. The van der Waals surface area contributed by atoms with Gasteiger partial charge in [0.1, 0.15) is 5.82 Å². The van der Waals surface area contributed by atoms with E-state index < -0.39 is 0 Å². The molecule has 2 aromatic carbocycles. The monoisotopic (exact) mass is 410 g/mol. The van der Waals surface area contributed by atoms with Gasteiger partial charge >= 0.3 is 0 Å². The van der Waals surface area contributed by atoms with Gasteiger partial charge in [-0.25, -0.2) is 9.67 Å². The number of hydrogen-bond acceptors (Lipinski definition) is 5. The number of hydrogen-bond donors (Lipinski definition) is 0. The Hall–Kier alpha value is -3.74. The SMILES string of the molecule is O=C(c1ccccc1-n1cccn1)N1CC2CN(c3cnc4ccccc4n3)CC2C1. The third kappa shape index (κ3) is 3.13. The lowest BCUT2D eigenvalue weighted by molar-refractivity contribution is 0.0782. The van der Waals surface area contributed by atoms with E-state index in [1.165, 1.54) is 0 Å². The second-order valence-electron chi connectivity index (χ2n) is 8.32. The van der Waals surface area contributed by atoms with E-state index in [1.807, 2.05) is 71.9 Å². The fraction of sp³-hybridized carbons (Fsp3) is 0.250. The van der Waals surface area contributed by atoms with Crippen molar-refractivity contribution in [3.63, 3.8) is 0 Å². The van der Waals surface area contributed by atoms with Crippen molar-refractivity contribution in [2.45, 2.75) is 0 Å². The van der Waals surface area contributed by atoms with Gasteiger partial charge in [-0.1, -0.05) is 24.3 Å². The van der Waals surface area contributed by atoms with E-state index in [9.17, 15) is 4.79 Å². The van der Waals surface area contributed by atoms with Crippen molar-refractivity contribution >= 4 is 22.8 Å². The highest BCUT2D eigenvalue weighted by atomic mass is 16.2. The summed E-state index contributed by atoms with van der Waals surface area (Å²) >= 11 is 0. The van der Waals surface area contributed by atoms with Crippen LogP contribution in [0.25, 0.3) is 16.7 Å². The molecule has 7 nitrogen and oxygen atoms in total. The van der Waals surface area contributed by atoms with Crippen molar-refractivity contribution in [1.29, 1.82) is 0 Å². The highest BCUT2D eigenvalue weighted by molar-refractivity contribution is 5.98. The van der Waals surface area contributed by atoms with E-state index in [0.717, 1.165) is 48.7 Å². The Morgan fingerprint density at radius 3 is 2.39 bits per heavy atom. The van der Waals surface area contributed by atoms with Crippen LogP contribution >= 0.6 is 0 Å². The predicted molar refractivity (Wildman–Crippen MR) is 118 cm³/mol. The number of carbonyl (C=O) groups excluding carboxylic acids is 1. The van der Waals surface area contributed by atoms with Gasteiger partial charge in [-0.3, -0.25) is 9.78 Å². The molecule has 0 bridgehead atoms. The van der Waals surface area contributed by atoms with Crippen LogP contribution in [0.15, 0.2) is 73.2 Å². The number of anilines is 1. The smallest absolute Gasteiger partial charge is 0.256 e. The van der Waals surface area contributed by atoms with Crippen LogP contribution in [0.5, 0.6) is 0 Å². The molecule has 1 amide bonds. The average molecular weight is 410 g/mol. The average Bonchev–Trinajstić information content (AvgIpc) is 3.55. The molecule has 4 aromatic rings. The summed E-state index contributed by atoms with van der Waals surface area (Å²) in [7, 11) is 0. The van der Waals surface area contributed by atoms with Crippen LogP contribution in [0.4, 0.5) is 5.82 Å². The Balaban J connectivity index is 1.19. The van der Waals surface area contributed by atoms with E-state index in [4.69, 9.17) is 4.98 Å². The highest BCUT2D eigenvalue weighted by Crippen LogP contribution is 2.34. The molecule has 0 spiro atoms. The lowest BCUT2D eigenvalue weighted by Gasteiger charge is -2.23. The van der Waals surface area contributed by atoms with Crippen LogP contribution < -0.4 is 4.90 Å². The van der Waals surface area contributed by atoms with Gasteiger partial charge < -0.3 is 9.80 Å². The second kappa shape index (κ2) is 7.19. The maximum Gasteiger partial charge on any atom is 0.256 e. The molecular weight excluding hydrogens is 388 g/mol. The van der Waals surface area contributed by atoms with Crippen molar-refractivity contribution in [2.75, 3.05) is 31.1 Å². The molecule has 154 valence electrons. The minimum atomic E-state index is 0.0811. The molecule has 2 saturated heterocycles. The van der Waals surface area contributed by atoms with Crippen LogP contribution in [0.1, 0.15) is 10.4 Å². The van der Waals surface area contributed by atoms with Gasteiger partial charge in [0.25, 0.3) is 5.91 Å². The zero-order valence-electron chi connectivity index (χ0n) is 17.0. The van der Waals surface area contributed by atoms with Crippen LogP contribution in [-0.2, 0) is 0 Å². The van der Waals surface area contributed by atoms with Crippen molar-refractivity contribution in [1.82, 2.24) is 24.6 Å². The molecule has 0 radical (unpaired) electrons. The number of carbonyl (C=O) groups is 1. The summed E-state index contributed by atoms with van der Waals surface area (Å²) < 4.78 is 1.75. The summed E-state index contributed by atoms with van der Waals surface area (Å²) in [5, 5.41) is 4.30. The third-order valence-electron chi connectivity index (χ3n) is 6.42. The number of rotatable bonds is 3. The van der Waals surface area contributed by atoms with Gasteiger partial charge in [0.2, 0.25) is 0 Å².